The lowest BCUT2D eigenvalue weighted by Gasteiger charge is -2.09. The van der Waals surface area contributed by atoms with E-state index in [4.69, 9.17) is 27.8 Å². The van der Waals surface area contributed by atoms with Crippen molar-refractivity contribution >= 4 is 29.4 Å². The summed E-state index contributed by atoms with van der Waals surface area (Å²) in [5.74, 6) is -0.00143. The molecule has 7 nitrogen and oxygen atoms in total. The second-order valence-corrected chi connectivity index (χ2v) is 4.84. The fourth-order valence-corrected chi connectivity index (χ4v) is 2.18. The van der Waals surface area contributed by atoms with E-state index in [1.54, 1.807) is 18.2 Å². The third-order valence-electron chi connectivity index (χ3n) is 2.86. The number of nitrogens with one attached hydrogen (secondary N) is 2. The molecular weight excluding hydrogens is 308 g/mol. The Hall–Kier alpha value is -2.67. The molecule has 116 valence electrons. The van der Waals surface area contributed by atoms with E-state index in [2.05, 4.69) is 10.3 Å². The summed E-state index contributed by atoms with van der Waals surface area (Å²) >= 11 is 6.01. The Balaban J connectivity index is 2.55. The molecule has 1 heterocycles. The second-order valence-electron chi connectivity index (χ2n) is 4.40. The molecule has 2 rings (SSSR count). The van der Waals surface area contributed by atoms with Crippen LogP contribution in [0.5, 0.6) is 5.75 Å². The summed E-state index contributed by atoms with van der Waals surface area (Å²) < 4.78 is 5.53. The minimum atomic E-state index is -0.813. The first-order valence-electron chi connectivity index (χ1n) is 6.44. The molecule has 0 saturated carbocycles. The van der Waals surface area contributed by atoms with E-state index in [9.17, 15) is 9.59 Å². The van der Waals surface area contributed by atoms with E-state index >= 15 is 0 Å². The zero-order chi connectivity index (χ0) is 16.3. The average Bonchev–Trinajstić information content (AvgIpc) is 2.84. The number of hydrogen-bond acceptors (Lipinski definition) is 3. The van der Waals surface area contributed by atoms with Crippen molar-refractivity contribution in [2.24, 2.45) is 11.5 Å². The average molecular weight is 323 g/mol. The Kier molecular flexibility index (Phi) is 4.57. The van der Waals surface area contributed by atoms with Gasteiger partial charge >= 0.3 is 6.03 Å². The highest BCUT2D eigenvalue weighted by molar-refractivity contribution is 6.31. The molecule has 0 saturated heterocycles. The fraction of sp³-hybridized carbons (Fsp3) is 0.143. The lowest BCUT2D eigenvalue weighted by molar-refractivity contribution is 0.100. The van der Waals surface area contributed by atoms with Crippen LogP contribution in [-0.2, 0) is 0 Å². The lowest BCUT2D eigenvalue weighted by atomic mass is 10.1. The maximum Gasteiger partial charge on any atom is 0.317 e. The number of benzene rings is 1. The van der Waals surface area contributed by atoms with Gasteiger partial charge in [0.15, 0.2) is 0 Å². The largest absolute Gasteiger partial charge is 0.493 e. The van der Waals surface area contributed by atoms with Gasteiger partial charge in [-0.15, -0.1) is 0 Å². The van der Waals surface area contributed by atoms with Gasteiger partial charge in [-0.05, 0) is 31.2 Å². The zero-order valence-corrected chi connectivity index (χ0v) is 12.5. The smallest absolute Gasteiger partial charge is 0.317 e. The number of aromatic nitrogens is 1. The topological polar surface area (TPSA) is 123 Å². The van der Waals surface area contributed by atoms with Crippen molar-refractivity contribution in [2.45, 2.75) is 6.92 Å². The number of hydrogen-bond donors (Lipinski definition) is 4. The third kappa shape index (κ3) is 3.32. The zero-order valence-electron chi connectivity index (χ0n) is 11.8. The number of H-pyrrole nitrogens is 1. The van der Waals surface area contributed by atoms with Crippen molar-refractivity contribution in [2.75, 3.05) is 11.9 Å². The predicted molar refractivity (Wildman–Crippen MR) is 84.1 cm³/mol. The van der Waals surface area contributed by atoms with Crippen molar-refractivity contribution in [3.8, 4) is 17.0 Å². The molecule has 0 radical (unpaired) electrons. The molecule has 1 aromatic carbocycles. The maximum atomic E-state index is 11.5. The molecule has 2 aromatic rings. The molecule has 0 unspecified atom stereocenters. The summed E-state index contributed by atoms with van der Waals surface area (Å²) in [7, 11) is 0. The molecule has 8 heteroatoms. The SMILES string of the molecule is CCOc1ccc(Cl)cc1-c1cc(C(N)=O)c(NC(N)=O)[nH]1. The number of carbonyl (C=O) groups is 2. The van der Waals surface area contributed by atoms with E-state index in [0.29, 0.717) is 28.6 Å². The highest BCUT2D eigenvalue weighted by Crippen LogP contribution is 2.34. The second kappa shape index (κ2) is 6.40. The number of ether oxygens (including phenoxy) is 1. The Morgan fingerprint density at radius 3 is 2.64 bits per heavy atom. The number of carbonyl (C=O) groups excluding carboxylic acids is 2. The van der Waals surface area contributed by atoms with E-state index in [0.717, 1.165) is 0 Å². The molecule has 3 amide bonds. The van der Waals surface area contributed by atoms with Crippen LogP contribution in [0.15, 0.2) is 24.3 Å². The van der Waals surface area contributed by atoms with Crippen LogP contribution >= 0.6 is 11.6 Å². The van der Waals surface area contributed by atoms with Gasteiger partial charge in [0.25, 0.3) is 5.91 Å². The minimum Gasteiger partial charge on any atom is -0.493 e. The van der Waals surface area contributed by atoms with Crippen LogP contribution in [0, 0.1) is 0 Å². The summed E-state index contributed by atoms with van der Waals surface area (Å²) in [6.45, 7) is 2.31. The number of aromatic amines is 1. The summed E-state index contributed by atoms with van der Waals surface area (Å²) in [5.41, 5.74) is 11.6. The van der Waals surface area contributed by atoms with Crippen molar-refractivity contribution in [3.05, 3.63) is 34.9 Å². The minimum absolute atomic E-state index is 0.108. The molecule has 0 atom stereocenters. The predicted octanol–water partition coefficient (Wildman–Crippen LogP) is 2.32. The summed E-state index contributed by atoms with van der Waals surface area (Å²) in [5, 5.41) is 2.82. The van der Waals surface area contributed by atoms with Crippen LogP contribution < -0.4 is 21.5 Å². The van der Waals surface area contributed by atoms with E-state index in [1.807, 2.05) is 6.92 Å². The Morgan fingerprint density at radius 2 is 2.05 bits per heavy atom. The van der Waals surface area contributed by atoms with E-state index in [1.165, 1.54) is 6.07 Å². The number of rotatable bonds is 5. The van der Waals surface area contributed by atoms with Gasteiger partial charge < -0.3 is 21.2 Å². The maximum absolute atomic E-state index is 11.5. The summed E-state index contributed by atoms with van der Waals surface area (Å²) in [6, 6.07) is 5.77. The molecule has 0 spiro atoms. The van der Waals surface area contributed by atoms with Crippen molar-refractivity contribution < 1.29 is 14.3 Å². The van der Waals surface area contributed by atoms with Crippen molar-refractivity contribution in [3.63, 3.8) is 0 Å². The number of urea groups is 1. The van der Waals surface area contributed by atoms with E-state index < -0.39 is 11.9 Å². The number of nitrogens with two attached hydrogens (primary N) is 2. The van der Waals surface area contributed by atoms with Crippen molar-refractivity contribution in [1.29, 1.82) is 0 Å². The standard InChI is InChI=1S/C14H15ClN4O3/c1-2-22-11-4-3-7(15)5-8(11)10-6-9(12(16)20)13(18-10)19-14(17)21/h3-6,18H,2H2,1H3,(H2,16,20)(H3,17,19,21). The fourth-order valence-electron chi connectivity index (χ4n) is 2.01. The molecule has 0 aliphatic carbocycles. The lowest BCUT2D eigenvalue weighted by Crippen LogP contribution is -2.22. The molecule has 22 heavy (non-hydrogen) atoms. The van der Waals surface area contributed by atoms with Crippen LogP contribution in [0.25, 0.3) is 11.3 Å². The van der Waals surface area contributed by atoms with Gasteiger partial charge in [0.2, 0.25) is 0 Å². The van der Waals surface area contributed by atoms with Crippen LogP contribution in [0.3, 0.4) is 0 Å². The van der Waals surface area contributed by atoms with Crippen LogP contribution in [-0.4, -0.2) is 23.5 Å². The van der Waals surface area contributed by atoms with Gasteiger partial charge in [0, 0.05) is 10.6 Å². The number of primary amides is 2. The quantitative estimate of drug-likeness (QED) is 0.675. The molecule has 6 N–H and O–H groups in total. The monoisotopic (exact) mass is 322 g/mol. The van der Waals surface area contributed by atoms with E-state index in [-0.39, 0.29) is 11.4 Å². The number of anilines is 1. The molecule has 0 aliphatic heterocycles. The van der Waals surface area contributed by atoms with Gasteiger partial charge in [0.1, 0.15) is 11.6 Å². The summed E-state index contributed by atoms with van der Waals surface area (Å²) in [6.07, 6.45) is 0. The Bertz CT molecular complexity index is 727. The first-order valence-corrected chi connectivity index (χ1v) is 6.82. The normalized spacial score (nSPS) is 10.3. The number of amides is 3. The molecule has 0 aliphatic rings. The molecular formula is C14H15ClN4O3. The first kappa shape index (κ1) is 15.7. The van der Waals surface area contributed by atoms with Crippen LogP contribution in [0.1, 0.15) is 17.3 Å². The van der Waals surface area contributed by atoms with Gasteiger partial charge in [-0.2, -0.15) is 0 Å². The third-order valence-corrected chi connectivity index (χ3v) is 3.10. The van der Waals surface area contributed by atoms with Gasteiger partial charge in [-0.3, -0.25) is 10.1 Å². The van der Waals surface area contributed by atoms with Gasteiger partial charge in [-0.1, -0.05) is 11.6 Å². The number of halogens is 1. The van der Waals surface area contributed by atoms with Gasteiger partial charge in [0.05, 0.1) is 17.9 Å². The highest BCUT2D eigenvalue weighted by atomic mass is 35.5. The summed E-state index contributed by atoms with van der Waals surface area (Å²) in [4.78, 5) is 25.4. The first-order chi connectivity index (χ1) is 10.4. The highest BCUT2D eigenvalue weighted by Gasteiger charge is 2.17. The molecule has 0 bridgehead atoms. The van der Waals surface area contributed by atoms with Gasteiger partial charge in [-0.25, -0.2) is 4.79 Å². The van der Waals surface area contributed by atoms with Crippen molar-refractivity contribution in [1.82, 2.24) is 4.98 Å². The van der Waals surface area contributed by atoms with Crippen LogP contribution in [0.4, 0.5) is 10.6 Å². The Labute approximate surface area is 131 Å². The van der Waals surface area contributed by atoms with Crippen LogP contribution in [0.2, 0.25) is 5.02 Å². The Morgan fingerprint density at radius 1 is 1.32 bits per heavy atom. The molecule has 1 aromatic heterocycles. The molecule has 0 fully saturated rings.